The largest absolute Gasteiger partial charge is 0.325 e. The van der Waals surface area contributed by atoms with Gasteiger partial charge in [-0.1, -0.05) is 18.2 Å². The maximum Gasteiger partial charge on any atom is 0.234 e. The third-order valence-corrected chi connectivity index (χ3v) is 3.97. The third kappa shape index (κ3) is 4.34. The lowest BCUT2D eigenvalue weighted by Crippen LogP contribution is -2.13. The second kappa shape index (κ2) is 6.80. The fraction of sp³-hybridized carbons (Fsp3) is 0.0714. The number of benzene rings is 2. The molecule has 0 saturated heterocycles. The summed E-state index contributed by atoms with van der Waals surface area (Å²) in [5.41, 5.74) is 0.842. The van der Waals surface area contributed by atoms with Crippen LogP contribution in [0.25, 0.3) is 0 Å². The van der Waals surface area contributed by atoms with Crippen LogP contribution < -0.4 is 5.32 Å². The quantitative estimate of drug-likeness (QED) is 0.652. The molecule has 0 unspecified atom stereocenters. The Kier molecular flexibility index (Phi) is 5.07. The number of thioether (sulfide) groups is 1. The minimum absolute atomic E-state index is 0.0186. The molecule has 2 aromatic carbocycles. The van der Waals surface area contributed by atoms with Crippen LogP contribution in [-0.4, -0.2) is 11.7 Å². The molecule has 0 fully saturated rings. The summed E-state index contributed by atoms with van der Waals surface area (Å²) in [7, 11) is 0. The molecule has 4 heteroatoms. The number of carbonyl (C=O) groups is 1. The molecule has 0 heterocycles. The number of rotatable bonds is 4. The smallest absolute Gasteiger partial charge is 0.234 e. The Hall–Kier alpha value is -1.01. The molecule has 92 valence electrons. The average Bonchev–Trinajstić information content (AvgIpc) is 2.40. The molecule has 0 spiro atoms. The Morgan fingerprint density at radius 1 is 1.06 bits per heavy atom. The van der Waals surface area contributed by atoms with Crippen molar-refractivity contribution in [3.63, 3.8) is 0 Å². The number of hydrogen-bond donors (Lipinski definition) is 1. The fourth-order valence-electron chi connectivity index (χ4n) is 1.40. The molecular weight excluding hydrogens is 357 g/mol. The van der Waals surface area contributed by atoms with Crippen LogP contribution in [0, 0.1) is 3.57 Å². The van der Waals surface area contributed by atoms with E-state index in [0.717, 1.165) is 14.2 Å². The van der Waals surface area contributed by atoms with Gasteiger partial charge in [0.25, 0.3) is 0 Å². The van der Waals surface area contributed by atoms with Crippen molar-refractivity contribution in [2.75, 3.05) is 11.1 Å². The number of carbonyl (C=O) groups excluding carboxylic acids is 1. The summed E-state index contributed by atoms with van der Waals surface area (Å²) in [6.45, 7) is 0. The predicted octanol–water partition coefficient (Wildman–Crippen LogP) is 4.02. The highest BCUT2D eigenvalue weighted by molar-refractivity contribution is 14.1. The van der Waals surface area contributed by atoms with E-state index < -0.39 is 0 Å². The molecule has 0 atom stereocenters. The molecule has 0 radical (unpaired) electrons. The number of hydrogen-bond acceptors (Lipinski definition) is 2. The van der Waals surface area contributed by atoms with Gasteiger partial charge in [-0.25, -0.2) is 0 Å². The van der Waals surface area contributed by atoms with E-state index in [4.69, 9.17) is 0 Å². The molecule has 2 aromatic rings. The van der Waals surface area contributed by atoms with Gasteiger partial charge in [0.05, 0.1) is 5.75 Å². The first-order valence-corrected chi connectivity index (χ1v) is 7.54. The minimum atomic E-state index is 0.0186. The van der Waals surface area contributed by atoms with Crippen LogP contribution in [0.15, 0.2) is 59.5 Å². The molecule has 2 nitrogen and oxygen atoms in total. The molecule has 18 heavy (non-hydrogen) atoms. The van der Waals surface area contributed by atoms with Gasteiger partial charge in [-0.15, -0.1) is 11.8 Å². The summed E-state index contributed by atoms with van der Waals surface area (Å²) in [6.07, 6.45) is 0. The molecule has 2 rings (SSSR count). The zero-order valence-corrected chi connectivity index (χ0v) is 12.6. The highest BCUT2D eigenvalue weighted by Gasteiger charge is 2.03. The number of amides is 1. The van der Waals surface area contributed by atoms with E-state index in [-0.39, 0.29) is 5.91 Å². The van der Waals surface area contributed by atoms with Crippen molar-refractivity contribution < 1.29 is 4.79 Å². The van der Waals surface area contributed by atoms with Crippen molar-refractivity contribution in [3.05, 3.63) is 58.2 Å². The Balaban J connectivity index is 1.84. The molecule has 0 aliphatic heterocycles. The second-order valence-electron chi connectivity index (χ2n) is 3.66. The van der Waals surface area contributed by atoms with Crippen molar-refractivity contribution >= 4 is 45.9 Å². The van der Waals surface area contributed by atoms with Crippen LogP contribution >= 0.6 is 34.4 Å². The molecule has 0 saturated carbocycles. The lowest BCUT2D eigenvalue weighted by atomic mass is 10.3. The van der Waals surface area contributed by atoms with Gasteiger partial charge in [-0.05, 0) is 59.0 Å². The Morgan fingerprint density at radius 2 is 1.72 bits per heavy atom. The van der Waals surface area contributed by atoms with Gasteiger partial charge in [0.2, 0.25) is 5.91 Å². The standard InChI is InChI=1S/C14H12INOS/c15-11-6-8-12(9-7-11)16-14(17)10-18-13-4-2-1-3-5-13/h1-9H,10H2,(H,16,17). The SMILES string of the molecule is O=C(CSc1ccccc1)Nc1ccc(I)cc1. The molecular formula is C14H12INOS. The van der Waals surface area contributed by atoms with Crippen LogP contribution in [-0.2, 0) is 4.79 Å². The summed E-state index contributed by atoms with van der Waals surface area (Å²) in [5, 5.41) is 2.88. The first kappa shape index (κ1) is 13.4. The van der Waals surface area contributed by atoms with E-state index >= 15 is 0 Å². The summed E-state index contributed by atoms with van der Waals surface area (Å²) >= 11 is 3.78. The molecule has 0 aromatic heterocycles. The number of anilines is 1. The molecule has 0 aliphatic rings. The maximum atomic E-state index is 11.7. The Morgan fingerprint density at radius 3 is 2.39 bits per heavy atom. The van der Waals surface area contributed by atoms with Crippen LogP contribution in [0.2, 0.25) is 0 Å². The highest BCUT2D eigenvalue weighted by atomic mass is 127. The van der Waals surface area contributed by atoms with E-state index in [1.807, 2.05) is 54.6 Å². The summed E-state index contributed by atoms with van der Waals surface area (Å²) in [4.78, 5) is 12.8. The van der Waals surface area contributed by atoms with E-state index in [0.29, 0.717) is 5.75 Å². The number of halogens is 1. The summed E-state index contributed by atoms with van der Waals surface area (Å²) in [6, 6.07) is 17.7. The van der Waals surface area contributed by atoms with Gasteiger partial charge in [0, 0.05) is 14.2 Å². The zero-order valence-electron chi connectivity index (χ0n) is 9.60. The van der Waals surface area contributed by atoms with Gasteiger partial charge in [0.1, 0.15) is 0 Å². The van der Waals surface area contributed by atoms with Gasteiger partial charge in [-0.2, -0.15) is 0 Å². The Bertz CT molecular complexity index is 513. The second-order valence-corrected chi connectivity index (χ2v) is 5.95. The first-order valence-electron chi connectivity index (χ1n) is 5.47. The minimum Gasteiger partial charge on any atom is -0.325 e. The lowest BCUT2D eigenvalue weighted by molar-refractivity contribution is -0.113. The van der Waals surface area contributed by atoms with Crippen LogP contribution in [0.5, 0.6) is 0 Å². The molecule has 1 amide bonds. The van der Waals surface area contributed by atoms with Crippen molar-refractivity contribution in [2.45, 2.75) is 4.90 Å². The van der Waals surface area contributed by atoms with E-state index in [2.05, 4.69) is 27.9 Å². The van der Waals surface area contributed by atoms with Crippen LogP contribution in [0.4, 0.5) is 5.69 Å². The highest BCUT2D eigenvalue weighted by Crippen LogP contribution is 2.17. The molecule has 0 bridgehead atoms. The lowest BCUT2D eigenvalue weighted by Gasteiger charge is -2.05. The van der Waals surface area contributed by atoms with E-state index in [1.165, 1.54) is 11.8 Å². The fourth-order valence-corrected chi connectivity index (χ4v) is 2.47. The van der Waals surface area contributed by atoms with E-state index in [1.54, 1.807) is 0 Å². The molecule has 0 aliphatic carbocycles. The zero-order chi connectivity index (χ0) is 12.8. The van der Waals surface area contributed by atoms with Crippen LogP contribution in [0.3, 0.4) is 0 Å². The van der Waals surface area contributed by atoms with Gasteiger partial charge < -0.3 is 5.32 Å². The topological polar surface area (TPSA) is 29.1 Å². The van der Waals surface area contributed by atoms with Crippen molar-refractivity contribution in [2.24, 2.45) is 0 Å². The van der Waals surface area contributed by atoms with Gasteiger partial charge in [0.15, 0.2) is 0 Å². The third-order valence-electron chi connectivity index (χ3n) is 2.24. The predicted molar refractivity (Wildman–Crippen MR) is 85.0 cm³/mol. The van der Waals surface area contributed by atoms with Crippen molar-refractivity contribution in [3.8, 4) is 0 Å². The van der Waals surface area contributed by atoms with E-state index in [9.17, 15) is 4.79 Å². The summed E-state index contributed by atoms with van der Waals surface area (Å²) < 4.78 is 1.16. The van der Waals surface area contributed by atoms with Gasteiger partial charge in [-0.3, -0.25) is 4.79 Å². The number of nitrogens with one attached hydrogen (secondary N) is 1. The monoisotopic (exact) mass is 369 g/mol. The normalized spacial score (nSPS) is 10.1. The maximum absolute atomic E-state index is 11.7. The summed E-state index contributed by atoms with van der Waals surface area (Å²) in [5.74, 6) is 0.445. The first-order chi connectivity index (χ1) is 8.74. The average molecular weight is 369 g/mol. The van der Waals surface area contributed by atoms with Crippen LogP contribution in [0.1, 0.15) is 0 Å². The van der Waals surface area contributed by atoms with Gasteiger partial charge >= 0.3 is 0 Å². The molecule has 1 N–H and O–H groups in total. The van der Waals surface area contributed by atoms with Crippen molar-refractivity contribution in [1.82, 2.24) is 0 Å². The Labute approximate surface area is 124 Å². The van der Waals surface area contributed by atoms with Crippen molar-refractivity contribution in [1.29, 1.82) is 0 Å².